The van der Waals surface area contributed by atoms with Gasteiger partial charge in [0.15, 0.2) is 0 Å². The molecule has 12 heavy (non-hydrogen) atoms. The van der Waals surface area contributed by atoms with Crippen LogP contribution in [-0.2, 0) is 6.18 Å². The van der Waals surface area contributed by atoms with Crippen molar-refractivity contribution in [2.24, 2.45) is 0 Å². The molecule has 1 aromatic rings. The SMILES string of the molecule is CC(S)c1ncc(C(F)(F)F)[nH]1. The van der Waals surface area contributed by atoms with E-state index in [2.05, 4.69) is 22.6 Å². The first-order valence-electron chi connectivity index (χ1n) is 3.21. The summed E-state index contributed by atoms with van der Waals surface area (Å²) >= 11 is 3.94. The van der Waals surface area contributed by atoms with Crippen LogP contribution in [0.15, 0.2) is 6.20 Å². The van der Waals surface area contributed by atoms with E-state index in [1.165, 1.54) is 0 Å². The van der Waals surface area contributed by atoms with Gasteiger partial charge >= 0.3 is 6.18 Å². The zero-order valence-electron chi connectivity index (χ0n) is 6.18. The van der Waals surface area contributed by atoms with Crippen molar-refractivity contribution in [2.45, 2.75) is 18.3 Å². The molecular weight excluding hydrogens is 189 g/mol. The predicted octanol–water partition coefficient (Wildman–Crippen LogP) is 2.42. The van der Waals surface area contributed by atoms with E-state index < -0.39 is 11.9 Å². The Balaban J connectivity index is 2.92. The molecule has 68 valence electrons. The first-order chi connectivity index (χ1) is 5.41. The molecule has 1 rings (SSSR count). The summed E-state index contributed by atoms with van der Waals surface area (Å²) in [6, 6.07) is 0. The van der Waals surface area contributed by atoms with Gasteiger partial charge < -0.3 is 4.98 Å². The maximum Gasteiger partial charge on any atom is 0.432 e. The fourth-order valence-corrected chi connectivity index (χ4v) is 0.824. The lowest BCUT2D eigenvalue weighted by molar-refractivity contribution is -0.140. The quantitative estimate of drug-likeness (QED) is 0.663. The van der Waals surface area contributed by atoms with Gasteiger partial charge in [-0.25, -0.2) is 4.98 Å². The summed E-state index contributed by atoms with van der Waals surface area (Å²) < 4.78 is 35.9. The van der Waals surface area contributed by atoms with Gasteiger partial charge in [-0.3, -0.25) is 0 Å². The fraction of sp³-hybridized carbons (Fsp3) is 0.500. The molecule has 6 heteroatoms. The molecule has 0 aromatic carbocycles. The lowest BCUT2D eigenvalue weighted by Gasteiger charge is -2.01. The normalized spacial score (nSPS) is 14.8. The van der Waals surface area contributed by atoms with Crippen LogP contribution in [-0.4, -0.2) is 9.97 Å². The Hall–Kier alpha value is -0.650. The summed E-state index contributed by atoms with van der Waals surface area (Å²) in [6.45, 7) is 1.64. The monoisotopic (exact) mass is 196 g/mol. The average Bonchev–Trinajstić information content (AvgIpc) is 2.30. The summed E-state index contributed by atoms with van der Waals surface area (Å²) in [4.78, 5) is 5.67. The summed E-state index contributed by atoms with van der Waals surface area (Å²) in [5, 5.41) is -0.318. The van der Waals surface area contributed by atoms with E-state index in [-0.39, 0.29) is 11.1 Å². The summed E-state index contributed by atoms with van der Waals surface area (Å²) in [6.07, 6.45) is -3.59. The zero-order valence-corrected chi connectivity index (χ0v) is 7.08. The maximum atomic E-state index is 12.0. The van der Waals surface area contributed by atoms with Crippen LogP contribution in [0.2, 0.25) is 0 Å². The standard InChI is InChI=1S/C6H7F3N2S/c1-3(12)5-10-2-4(11-5)6(7,8)9/h2-3,12H,1H3,(H,10,11). The van der Waals surface area contributed by atoms with E-state index >= 15 is 0 Å². The van der Waals surface area contributed by atoms with E-state index in [0.29, 0.717) is 0 Å². The van der Waals surface area contributed by atoms with Gasteiger partial charge in [-0.1, -0.05) is 0 Å². The van der Waals surface area contributed by atoms with E-state index in [1.54, 1.807) is 6.92 Å². The molecule has 0 fully saturated rings. The minimum Gasteiger partial charge on any atom is -0.338 e. The highest BCUT2D eigenvalue weighted by atomic mass is 32.1. The Morgan fingerprint density at radius 1 is 1.58 bits per heavy atom. The molecule has 0 aliphatic heterocycles. The van der Waals surface area contributed by atoms with Crippen molar-refractivity contribution in [3.8, 4) is 0 Å². The molecule has 0 spiro atoms. The van der Waals surface area contributed by atoms with Crippen LogP contribution in [0.3, 0.4) is 0 Å². The molecule has 2 nitrogen and oxygen atoms in total. The Labute approximate surface area is 72.6 Å². The van der Waals surface area contributed by atoms with E-state index in [9.17, 15) is 13.2 Å². The molecule has 0 aliphatic carbocycles. The number of rotatable bonds is 1. The highest BCUT2D eigenvalue weighted by molar-refractivity contribution is 7.80. The number of halogens is 3. The molecule has 1 aromatic heterocycles. The van der Waals surface area contributed by atoms with E-state index in [4.69, 9.17) is 0 Å². The van der Waals surface area contributed by atoms with E-state index in [1.807, 2.05) is 0 Å². The van der Waals surface area contributed by atoms with E-state index in [0.717, 1.165) is 6.20 Å². The number of aromatic amines is 1. The third-order valence-electron chi connectivity index (χ3n) is 1.30. The van der Waals surface area contributed by atoms with Crippen molar-refractivity contribution >= 4 is 12.6 Å². The maximum absolute atomic E-state index is 12.0. The van der Waals surface area contributed by atoms with Crippen LogP contribution < -0.4 is 0 Å². The molecular formula is C6H7F3N2S. The molecule has 0 bridgehead atoms. The smallest absolute Gasteiger partial charge is 0.338 e. The number of nitrogens with one attached hydrogen (secondary N) is 1. The summed E-state index contributed by atoms with van der Waals surface area (Å²) in [7, 11) is 0. The van der Waals surface area contributed by atoms with Crippen molar-refractivity contribution < 1.29 is 13.2 Å². The third-order valence-corrected chi connectivity index (χ3v) is 1.54. The zero-order chi connectivity index (χ0) is 9.35. The van der Waals surface area contributed by atoms with Crippen LogP contribution in [0.1, 0.15) is 23.7 Å². The van der Waals surface area contributed by atoms with Crippen molar-refractivity contribution in [1.29, 1.82) is 0 Å². The third kappa shape index (κ3) is 1.94. The number of H-pyrrole nitrogens is 1. The van der Waals surface area contributed by atoms with Crippen LogP contribution in [0.5, 0.6) is 0 Å². The minimum atomic E-state index is -4.35. The Morgan fingerprint density at radius 2 is 2.17 bits per heavy atom. The average molecular weight is 196 g/mol. The predicted molar refractivity (Wildman–Crippen MR) is 41.0 cm³/mol. The van der Waals surface area contributed by atoms with Crippen molar-refractivity contribution in [3.05, 3.63) is 17.7 Å². The Bertz CT molecular complexity index is 266. The molecule has 1 unspecified atom stereocenters. The number of imidazole rings is 1. The number of aromatic nitrogens is 2. The van der Waals surface area contributed by atoms with Gasteiger partial charge in [0.05, 0.1) is 11.4 Å². The molecule has 0 amide bonds. The van der Waals surface area contributed by atoms with Crippen LogP contribution in [0, 0.1) is 0 Å². The first kappa shape index (κ1) is 9.44. The van der Waals surface area contributed by atoms with Gasteiger partial charge in [0.2, 0.25) is 0 Å². The van der Waals surface area contributed by atoms with Gasteiger partial charge in [-0.15, -0.1) is 0 Å². The van der Waals surface area contributed by atoms with Gasteiger partial charge in [-0.05, 0) is 6.92 Å². The molecule has 0 saturated carbocycles. The highest BCUT2D eigenvalue weighted by Gasteiger charge is 2.33. The van der Waals surface area contributed by atoms with Crippen molar-refractivity contribution in [3.63, 3.8) is 0 Å². The second kappa shape index (κ2) is 3.01. The topological polar surface area (TPSA) is 28.7 Å². The summed E-state index contributed by atoms with van der Waals surface area (Å²) in [5.74, 6) is 0.227. The molecule has 1 heterocycles. The van der Waals surface area contributed by atoms with Crippen molar-refractivity contribution in [1.82, 2.24) is 9.97 Å². The number of hydrogen-bond acceptors (Lipinski definition) is 2. The van der Waals surface area contributed by atoms with Gasteiger partial charge in [0.1, 0.15) is 11.5 Å². The molecule has 0 aliphatic rings. The lowest BCUT2D eigenvalue weighted by Crippen LogP contribution is -2.05. The highest BCUT2D eigenvalue weighted by Crippen LogP contribution is 2.28. The molecule has 0 saturated heterocycles. The lowest BCUT2D eigenvalue weighted by atomic mass is 10.4. The molecule has 1 N–H and O–H groups in total. The second-order valence-electron chi connectivity index (χ2n) is 2.36. The van der Waals surface area contributed by atoms with Crippen molar-refractivity contribution in [2.75, 3.05) is 0 Å². The number of nitrogens with zero attached hydrogens (tertiary/aromatic N) is 1. The molecule has 1 atom stereocenters. The first-order valence-corrected chi connectivity index (χ1v) is 3.73. The van der Waals surface area contributed by atoms with Gasteiger partial charge in [-0.2, -0.15) is 25.8 Å². The summed E-state index contributed by atoms with van der Waals surface area (Å²) in [5.41, 5.74) is -0.835. The largest absolute Gasteiger partial charge is 0.432 e. The van der Waals surface area contributed by atoms with Gasteiger partial charge in [0.25, 0.3) is 0 Å². The number of hydrogen-bond donors (Lipinski definition) is 2. The Kier molecular flexibility index (Phi) is 2.36. The van der Waals surface area contributed by atoms with Crippen LogP contribution in [0.4, 0.5) is 13.2 Å². The second-order valence-corrected chi connectivity index (χ2v) is 3.13. The molecule has 0 radical (unpaired) electrons. The van der Waals surface area contributed by atoms with Crippen LogP contribution in [0.25, 0.3) is 0 Å². The van der Waals surface area contributed by atoms with Gasteiger partial charge in [0, 0.05) is 0 Å². The minimum absolute atomic E-state index is 0.227. The van der Waals surface area contributed by atoms with Crippen LogP contribution >= 0.6 is 12.6 Å². The fourth-order valence-electron chi connectivity index (χ4n) is 0.693. The number of alkyl halides is 3. The number of thiol groups is 1. The Morgan fingerprint density at radius 3 is 2.42 bits per heavy atom.